The van der Waals surface area contributed by atoms with Gasteiger partial charge in [0.15, 0.2) is 5.78 Å². The molecule has 0 aliphatic heterocycles. The van der Waals surface area contributed by atoms with Crippen LogP contribution in [0.25, 0.3) is 66.2 Å². The summed E-state index contributed by atoms with van der Waals surface area (Å²) in [5.74, 6) is 0.547. The van der Waals surface area contributed by atoms with Crippen LogP contribution in [0.3, 0.4) is 0 Å². The number of allylic oxidation sites excluding steroid dienone is 2. The van der Waals surface area contributed by atoms with Crippen LogP contribution in [0.2, 0.25) is 0 Å². The maximum absolute atomic E-state index is 11.7. The van der Waals surface area contributed by atoms with Crippen molar-refractivity contribution >= 4 is 38.5 Å². The van der Waals surface area contributed by atoms with Crippen LogP contribution in [0, 0.1) is 24.8 Å². The van der Waals surface area contributed by atoms with E-state index in [1.165, 1.54) is 11.6 Å². The zero-order valence-electron chi connectivity index (χ0n) is 30.4. The Morgan fingerprint density at radius 3 is 2.27 bits per heavy atom. The Morgan fingerprint density at radius 1 is 0.788 bits per heavy atom. The van der Waals surface area contributed by atoms with Gasteiger partial charge in [0.25, 0.3) is 0 Å². The molecule has 0 spiro atoms. The van der Waals surface area contributed by atoms with Gasteiger partial charge in [-0.1, -0.05) is 105 Å². The first-order valence-electron chi connectivity index (χ1n) is 18.0. The van der Waals surface area contributed by atoms with E-state index in [0.29, 0.717) is 0 Å². The minimum Gasteiger partial charge on any atom is -0.512 e. The second-order valence-corrected chi connectivity index (χ2v) is 13.0. The number of aliphatic hydroxyl groups is 1. The standard InChI is InChI=1S/C33H21N2O.C13H24O2.Ir/c1-21-13-14-26(25-10-5-9-23-15-17-34-20-29(23)25)33-31(21)28-12-6-11-27(32(28)36-33)30-19-24(16-18-35-30)22-7-3-2-4-8-22;1-5-10(6-2)12(14)9-13(15)11(7-3)8-4;/h2-10,12-20H,1H3;9-11,14H,5-8H2,1-4H3;/q-1;;/b;12-9-;. The Kier molecular flexibility index (Phi) is 12.9. The number of carbonyl (C=O) groups excluding carboxylic acids is 1. The number of ketones is 1. The summed E-state index contributed by atoms with van der Waals surface area (Å²) in [5.41, 5.74) is 9.00. The minimum atomic E-state index is 0. The average molecular weight is 866 g/mol. The summed E-state index contributed by atoms with van der Waals surface area (Å²) in [6.07, 6.45) is 10.5. The van der Waals surface area contributed by atoms with E-state index in [2.05, 4.69) is 84.7 Å². The van der Waals surface area contributed by atoms with E-state index in [1.807, 2.05) is 70.6 Å². The molecule has 4 aromatic carbocycles. The van der Waals surface area contributed by atoms with Crippen molar-refractivity contribution in [1.82, 2.24) is 9.97 Å². The van der Waals surface area contributed by atoms with Gasteiger partial charge in [0.2, 0.25) is 0 Å². The maximum Gasteiger partial charge on any atom is 0.162 e. The van der Waals surface area contributed by atoms with Crippen molar-refractivity contribution < 1.29 is 34.4 Å². The normalized spacial score (nSPS) is 11.6. The molecule has 0 atom stereocenters. The molecule has 52 heavy (non-hydrogen) atoms. The number of hydrogen-bond donors (Lipinski definition) is 1. The van der Waals surface area contributed by atoms with Gasteiger partial charge in [0.05, 0.1) is 11.3 Å². The zero-order chi connectivity index (χ0) is 35.9. The third-order valence-corrected chi connectivity index (χ3v) is 9.97. The van der Waals surface area contributed by atoms with Gasteiger partial charge in [-0.3, -0.25) is 9.78 Å². The van der Waals surface area contributed by atoms with Gasteiger partial charge in [-0.15, -0.1) is 18.2 Å². The molecule has 0 unspecified atom stereocenters. The van der Waals surface area contributed by atoms with Crippen LogP contribution in [0.15, 0.2) is 126 Å². The molecule has 0 fully saturated rings. The molecular formula is C46H45IrN2O3-. The molecule has 7 aromatic rings. The molecule has 6 heteroatoms. The van der Waals surface area contributed by atoms with E-state index in [-0.39, 0.29) is 43.5 Å². The number of hydrogen-bond acceptors (Lipinski definition) is 5. The van der Waals surface area contributed by atoms with Crippen LogP contribution in [0.5, 0.6) is 0 Å². The Morgan fingerprint density at radius 2 is 1.54 bits per heavy atom. The van der Waals surface area contributed by atoms with E-state index in [9.17, 15) is 9.90 Å². The number of furan rings is 1. The van der Waals surface area contributed by atoms with Gasteiger partial charge in [0, 0.05) is 72.9 Å². The Hall–Kier alpha value is -4.90. The van der Waals surface area contributed by atoms with E-state index in [0.717, 1.165) is 91.9 Å². The predicted octanol–water partition coefficient (Wildman–Crippen LogP) is 12.5. The van der Waals surface area contributed by atoms with E-state index >= 15 is 0 Å². The van der Waals surface area contributed by atoms with Crippen LogP contribution in [-0.4, -0.2) is 20.9 Å². The average Bonchev–Trinajstić information content (AvgIpc) is 3.57. The van der Waals surface area contributed by atoms with Gasteiger partial charge < -0.3 is 14.5 Å². The minimum absolute atomic E-state index is 0. The summed E-state index contributed by atoms with van der Waals surface area (Å²) in [6, 6.07) is 34.7. The number of aryl methyl sites for hydroxylation is 1. The maximum atomic E-state index is 11.7. The fourth-order valence-corrected chi connectivity index (χ4v) is 6.92. The van der Waals surface area contributed by atoms with Crippen LogP contribution in [0.1, 0.15) is 58.9 Å². The number of fused-ring (bicyclic) bond motifs is 4. The van der Waals surface area contributed by atoms with E-state index in [1.54, 1.807) is 0 Å². The Balaban J connectivity index is 0.000000280. The number of pyridine rings is 2. The van der Waals surface area contributed by atoms with Crippen LogP contribution in [0.4, 0.5) is 0 Å². The quantitative estimate of drug-likeness (QED) is 0.0842. The Labute approximate surface area is 320 Å². The fraction of sp³-hybridized carbons (Fsp3) is 0.239. The molecule has 3 aromatic heterocycles. The van der Waals surface area contributed by atoms with Gasteiger partial charge in [0.1, 0.15) is 5.58 Å². The summed E-state index contributed by atoms with van der Waals surface area (Å²) in [6.45, 7) is 10.2. The molecule has 0 aliphatic rings. The monoisotopic (exact) mass is 866 g/mol. The van der Waals surface area contributed by atoms with Crippen molar-refractivity contribution in [3.8, 4) is 33.5 Å². The fourth-order valence-electron chi connectivity index (χ4n) is 6.92. The largest absolute Gasteiger partial charge is 0.512 e. The number of nitrogens with zero attached hydrogens (tertiary/aromatic N) is 2. The number of rotatable bonds is 10. The molecule has 0 saturated heterocycles. The molecule has 0 bridgehead atoms. The smallest absolute Gasteiger partial charge is 0.162 e. The van der Waals surface area contributed by atoms with Crippen molar-refractivity contribution in [2.75, 3.05) is 0 Å². The third kappa shape index (κ3) is 7.94. The molecule has 7 rings (SSSR count). The third-order valence-electron chi connectivity index (χ3n) is 9.97. The second-order valence-electron chi connectivity index (χ2n) is 13.0. The topological polar surface area (TPSA) is 76.2 Å². The molecule has 5 nitrogen and oxygen atoms in total. The summed E-state index contributed by atoms with van der Waals surface area (Å²) in [5, 5.41) is 14.2. The van der Waals surface area contributed by atoms with E-state index in [4.69, 9.17) is 9.40 Å². The summed E-state index contributed by atoms with van der Waals surface area (Å²) >= 11 is 0. The summed E-state index contributed by atoms with van der Waals surface area (Å²) < 4.78 is 6.71. The van der Waals surface area contributed by atoms with Crippen molar-refractivity contribution in [2.45, 2.75) is 60.3 Å². The number of aromatic nitrogens is 2. The number of aliphatic hydroxyl groups excluding tert-OH is 1. The van der Waals surface area contributed by atoms with Crippen LogP contribution in [-0.2, 0) is 24.9 Å². The predicted molar refractivity (Wildman–Crippen MR) is 211 cm³/mol. The molecule has 0 amide bonds. The summed E-state index contributed by atoms with van der Waals surface area (Å²) in [4.78, 5) is 20.8. The second kappa shape index (κ2) is 17.5. The molecule has 267 valence electrons. The Bertz CT molecular complexity index is 2310. The zero-order valence-corrected chi connectivity index (χ0v) is 32.8. The van der Waals surface area contributed by atoms with Crippen molar-refractivity contribution in [1.29, 1.82) is 0 Å². The number of benzene rings is 4. The molecule has 1 radical (unpaired) electrons. The molecule has 1 N–H and O–H groups in total. The molecular weight excluding hydrogens is 821 g/mol. The van der Waals surface area contributed by atoms with Crippen molar-refractivity contribution in [3.63, 3.8) is 0 Å². The first-order valence-corrected chi connectivity index (χ1v) is 18.0. The van der Waals surface area contributed by atoms with Crippen LogP contribution >= 0.6 is 0 Å². The molecule has 3 heterocycles. The SMILES string of the molecule is CCC(CC)C(=O)/C=C(\O)C(CC)CC.Cc1ccc(-c2cccc3ccncc23)c2oc3c(-c4cc(-c5ccccc5)ccn4)[c-]ccc3c12.[Ir]. The first-order chi connectivity index (χ1) is 24.9. The van der Waals surface area contributed by atoms with Crippen molar-refractivity contribution in [2.24, 2.45) is 11.8 Å². The van der Waals surface area contributed by atoms with Gasteiger partial charge in [-0.2, -0.15) is 0 Å². The van der Waals surface area contributed by atoms with Gasteiger partial charge in [-0.25, -0.2) is 0 Å². The van der Waals surface area contributed by atoms with Crippen molar-refractivity contribution in [3.05, 3.63) is 133 Å². The first kappa shape index (κ1) is 38.3. The molecule has 0 aliphatic carbocycles. The van der Waals surface area contributed by atoms with Gasteiger partial charge in [-0.05, 0) is 78.1 Å². The van der Waals surface area contributed by atoms with Crippen LogP contribution < -0.4 is 0 Å². The van der Waals surface area contributed by atoms with Gasteiger partial charge >= 0.3 is 0 Å². The molecule has 0 saturated carbocycles. The van der Waals surface area contributed by atoms with E-state index < -0.39 is 0 Å². The number of carbonyl (C=O) groups is 1. The summed E-state index contributed by atoms with van der Waals surface area (Å²) in [7, 11) is 0.